The lowest BCUT2D eigenvalue weighted by atomic mass is 10.0. The number of methoxy groups -OCH3 is 1. The SMILES string of the molecule is CCCN(CC(=O)NCC(=O)Nc1cc(C)ccc1OC)C1CCCN(Cc2ccccc2)C1. The Morgan fingerprint density at radius 1 is 1.15 bits per heavy atom. The molecular weight excluding hydrogens is 428 g/mol. The zero-order valence-electron chi connectivity index (χ0n) is 20.7. The average Bonchev–Trinajstić information content (AvgIpc) is 2.83. The van der Waals surface area contributed by atoms with Crippen molar-refractivity contribution in [3.8, 4) is 5.75 Å². The van der Waals surface area contributed by atoms with E-state index in [1.54, 1.807) is 7.11 Å². The maximum absolute atomic E-state index is 12.7. The summed E-state index contributed by atoms with van der Waals surface area (Å²) in [6, 6.07) is 16.5. The zero-order chi connectivity index (χ0) is 24.3. The highest BCUT2D eigenvalue weighted by Crippen LogP contribution is 2.25. The maximum Gasteiger partial charge on any atom is 0.243 e. The molecule has 0 spiro atoms. The first-order chi connectivity index (χ1) is 16.5. The number of likely N-dealkylation sites (tertiary alicyclic amines) is 1. The Balaban J connectivity index is 1.50. The number of amides is 2. The Bertz CT molecular complexity index is 935. The van der Waals surface area contributed by atoms with Crippen LogP contribution < -0.4 is 15.4 Å². The monoisotopic (exact) mass is 466 g/mol. The molecule has 2 aromatic carbocycles. The van der Waals surface area contributed by atoms with Crippen LogP contribution in [0.1, 0.15) is 37.3 Å². The first-order valence-corrected chi connectivity index (χ1v) is 12.2. The topological polar surface area (TPSA) is 73.9 Å². The van der Waals surface area contributed by atoms with Gasteiger partial charge in [0.2, 0.25) is 11.8 Å². The third kappa shape index (κ3) is 7.85. The third-order valence-electron chi connectivity index (χ3n) is 6.18. The fraction of sp³-hybridized carbons (Fsp3) is 0.481. The quantitative estimate of drug-likeness (QED) is 0.531. The van der Waals surface area contributed by atoms with Gasteiger partial charge in [-0.25, -0.2) is 0 Å². The van der Waals surface area contributed by atoms with Crippen molar-refractivity contribution in [1.29, 1.82) is 0 Å². The van der Waals surface area contributed by atoms with Gasteiger partial charge in [-0.1, -0.05) is 43.3 Å². The second kappa shape index (κ2) is 13.1. The number of carbonyl (C=O) groups excluding carboxylic acids is 2. The molecule has 1 aliphatic heterocycles. The number of anilines is 1. The van der Waals surface area contributed by atoms with Crippen molar-refractivity contribution >= 4 is 17.5 Å². The molecule has 1 aliphatic rings. The highest BCUT2D eigenvalue weighted by atomic mass is 16.5. The van der Waals surface area contributed by atoms with Crippen LogP contribution in [-0.2, 0) is 16.1 Å². The van der Waals surface area contributed by atoms with Gasteiger partial charge in [0, 0.05) is 19.1 Å². The fourth-order valence-electron chi connectivity index (χ4n) is 4.53. The number of hydrogen-bond acceptors (Lipinski definition) is 5. The summed E-state index contributed by atoms with van der Waals surface area (Å²) in [5.41, 5.74) is 2.94. The van der Waals surface area contributed by atoms with Crippen LogP contribution in [0.2, 0.25) is 0 Å². The predicted molar refractivity (Wildman–Crippen MR) is 136 cm³/mol. The Morgan fingerprint density at radius 2 is 1.94 bits per heavy atom. The molecule has 0 aliphatic carbocycles. The second-order valence-corrected chi connectivity index (χ2v) is 9.02. The minimum Gasteiger partial charge on any atom is -0.495 e. The van der Waals surface area contributed by atoms with Gasteiger partial charge in [-0.15, -0.1) is 0 Å². The van der Waals surface area contributed by atoms with Crippen LogP contribution in [0.25, 0.3) is 0 Å². The van der Waals surface area contributed by atoms with Crippen molar-refractivity contribution in [1.82, 2.24) is 15.1 Å². The molecule has 7 heteroatoms. The van der Waals surface area contributed by atoms with Crippen LogP contribution in [-0.4, -0.2) is 67.5 Å². The third-order valence-corrected chi connectivity index (χ3v) is 6.18. The lowest BCUT2D eigenvalue weighted by Crippen LogP contribution is -2.51. The molecule has 1 heterocycles. The van der Waals surface area contributed by atoms with Gasteiger partial charge >= 0.3 is 0 Å². The van der Waals surface area contributed by atoms with Gasteiger partial charge in [-0.2, -0.15) is 0 Å². The summed E-state index contributed by atoms with van der Waals surface area (Å²) in [7, 11) is 1.57. The number of hydrogen-bond donors (Lipinski definition) is 2. The number of carbonyl (C=O) groups is 2. The predicted octanol–water partition coefficient (Wildman–Crippen LogP) is 3.43. The number of ether oxygens (including phenoxy) is 1. The van der Waals surface area contributed by atoms with Gasteiger partial charge in [0.15, 0.2) is 0 Å². The van der Waals surface area contributed by atoms with Crippen molar-refractivity contribution in [3.63, 3.8) is 0 Å². The number of aryl methyl sites for hydroxylation is 1. The lowest BCUT2D eigenvalue weighted by Gasteiger charge is -2.39. The van der Waals surface area contributed by atoms with Crippen molar-refractivity contribution in [3.05, 3.63) is 59.7 Å². The van der Waals surface area contributed by atoms with Crippen molar-refractivity contribution in [2.75, 3.05) is 45.2 Å². The van der Waals surface area contributed by atoms with Gasteiger partial charge in [-0.05, 0) is 62.5 Å². The van der Waals surface area contributed by atoms with Crippen molar-refractivity contribution in [2.24, 2.45) is 0 Å². The Morgan fingerprint density at radius 3 is 2.68 bits per heavy atom. The standard InChI is InChI=1S/C27H38N4O3/c1-4-14-31(23-11-8-15-30(19-23)18-22-9-6-5-7-10-22)20-27(33)28-17-26(32)29-24-16-21(2)12-13-25(24)34-3/h5-7,9-10,12-13,16,23H,4,8,11,14-15,17-20H2,1-3H3,(H,28,33)(H,29,32). The van der Waals surface area contributed by atoms with Crippen LogP contribution in [0.5, 0.6) is 5.75 Å². The highest BCUT2D eigenvalue weighted by molar-refractivity contribution is 5.96. The molecule has 34 heavy (non-hydrogen) atoms. The number of benzene rings is 2. The molecule has 0 saturated carbocycles. The molecule has 0 radical (unpaired) electrons. The molecule has 1 unspecified atom stereocenters. The van der Waals surface area contributed by atoms with Gasteiger partial charge in [0.25, 0.3) is 0 Å². The number of nitrogens with zero attached hydrogens (tertiary/aromatic N) is 2. The van der Waals surface area contributed by atoms with Gasteiger partial charge in [0.05, 0.1) is 25.9 Å². The van der Waals surface area contributed by atoms with E-state index in [-0.39, 0.29) is 18.4 Å². The van der Waals surface area contributed by atoms with E-state index in [1.807, 2.05) is 31.2 Å². The molecule has 2 aromatic rings. The van der Waals surface area contributed by atoms with Gasteiger partial charge < -0.3 is 15.4 Å². The van der Waals surface area contributed by atoms with Crippen LogP contribution in [0, 0.1) is 6.92 Å². The molecule has 7 nitrogen and oxygen atoms in total. The zero-order valence-corrected chi connectivity index (χ0v) is 20.7. The molecule has 1 atom stereocenters. The summed E-state index contributed by atoms with van der Waals surface area (Å²) in [4.78, 5) is 29.9. The smallest absolute Gasteiger partial charge is 0.243 e. The summed E-state index contributed by atoms with van der Waals surface area (Å²) in [6.07, 6.45) is 3.20. The molecule has 2 N–H and O–H groups in total. The molecular formula is C27H38N4O3. The summed E-state index contributed by atoms with van der Waals surface area (Å²) < 4.78 is 5.31. The van der Waals surface area contributed by atoms with Crippen LogP contribution in [0.4, 0.5) is 5.69 Å². The Labute approximate surface area is 203 Å². The van der Waals surface area contributed by atoms with E-state index in [2.05, 4.69) is 51.6 Å². The second-order valence-electron chi connectivity index (χ2n) is 9.02. The van der Waals surface area contributed by atoms with Crippen molar-refractivity contribution < 1.29 is 14.3 Å². The number of nitrogens with one attached hydrogen (secondary N) is 2. The van der Waals surface area contributed by atoms with Gasteiger partial charge in [0.1, 0.15) is 5.75 Å². The summed E-state index contributed by atoms with van der Waals surface area (Å²) >= 11 is 0. The normalized spacial score (nSPS) is 16.3. The molecule has 1 fully saturated rings. The summed E-state index contributed by atoms with van der Waals surface area (Å²) in [5.74, 6) is 0.197. The van der Waals surface area contributed by atoms with Crippen LogP contribution >= 0.6 is 0 Å². The van der Waals surface area contributed by atoms with E-state index in [1.165, 1.54) is 5.56 Å². The fourth-order valence-corrected chi connectivity index (χ4v) is 4.53. The van der Waals surface area contributed by atoms with E-state index < -0.39 is 0 Å². The minimum atomic E-state index is -0.272. The molecule has 2 amide bonds. The minimum absolute atomic E-state index is 0.0688. The summed E-state index contributed by atoms with van der Waals surface area (Å²) in [5, 5.41) is 5.62. The number of piperidine rings is 1. The Kier molecular flexibility index (Phi) is 9.91. The highest BCUT2D eigenvalue weighted by Gasteiger charge is 2.26. The summed E-state index contributed by atoms with van der Waals surface area (Å²) in [6.45, 7) is 8.16. The van der Waals surface area contributed by atoms with E-state index >= 15 is 0 Å². The van der Waals surface area contributed by atoms with E-state index in [4.69, 9.17) is 4.74 Å². The maximum atomic E-state index is 12.7. The van der Waals surface area contributed by atoms with E-state index in [0.29, 0.717) is 24.0 Å². The largest absolute Gasteiger partial charge is 0.495 e. The number of rotatable bonds is 11. The first kappa shape index (κ1) is 25.7. The van der Waals surface area contributed by atoms with Crippen LogP contribution in [0.15, 0.2) is 48.5 Å². The van der Waals surface area contributed by atoms with Gasteiger partial charge in [-0.3, -0.25) is 19.4 Å². The molecule has 0 aromatic heterocycles. The average molecular weight is 467 g/mol. The molecule has 184 valence electrons. The molecule has 1 saturated heterocycles. The molecule has 0 bridgehead atoms. The van der Waals surface area contributed by atoms with Crippen LogP contribution in [0.3, 0.4) is 0 Å². The lowest BCUT2D eigenvalue weighted by molar-refractivity contribution is -0.125. The van der Waals surface area contributed by atoms with E-state index in [0.717, 1.165) is 51.0 Å². The van der Waals surface area contributed by atoms with Crippen molar-refractivity contribution in [2.45, 2.75) is 45.7 Å². The first-order valence-electron chi connectivity index (χ1n) is 12.2. The molecule has 3 rings (SSSR count). The Hall–Kier alpha value is -2.90. The van der Waals surface area contributed by atoms with E-state index in [9.17, 15) is 9.59 Å².